The van der Waals surface area contributed by atoms with Crippen molar-refractivity contribution in [2.24, 2.45) is 0 Å². The highest BCUT2D eigenvalue weighted by molar-refractivity contribution is 8.00. The highest BCUT2D eigenvalue weighted by Gasteiger charge is 2.20. The zero-order valence-corrected chi connectivity index (χ0v) is 15.6. The molecule has 0 aromatic heterocycles. The molecule has 0 heterocycles. The zero-order chi connectivity index (χ0) is 19.8. The van der Waals surface area contributed by atoms with Gasteiger partial charge in [-0.25, -0.2) is 8.78 Å². The topological polar surface area (TPSA) is 64.6 Å². The number of carbonyl (C=O) groups excluding carboxylic acids is 2. The van der Waals surface area contributed by atoms with Crippen molar-refractivity contribution in [3.8, 4) is 5.75 Å². The number of nitrogens with one attached hydrogen (secondary N) is 1. The van der Waals surface area contributed by atoms with E-state index in [1.54, 1.807) is 24.3 Å². The number of hydrogen-bond donors (Lipinski definition) is 1. The van der Waals surface area contributed by atoms with Crippen LogP contribution in [0.4, 0.5) is 14.5 Å². The minimum absolute atomic E-state index is 0.0142. The van der Waals surface area contributed by atoms with Crippen molar-refractivity contribution in [3.05, 3.63) is 54.1 Å². The van der Waals surface area contributed by atoms with Crippen LogP contribution in [-0.2, 0) is 14.3 Å². The molecular weight excluding hydrogens is 376 g/mol. The van der Waals surface area contributed by atoms with Gasteiger partial charge < -0.3 is 14.8 Å². The summed E-state index contributed by atoms with van der Waals surface area (Å²) >= 11 is 1.24. The number of para-hydroxylation sites is 1. The summed E-state index contributed by atoms with van der Waals surface area (Å²) in [6.45, 7) is 3.78. The number of benzene rings is 2. The van der Waals surface area contributed by atoms with Crippen LogP contribution >= 0.6 is 11.8 Å². The van der Waals surface area contributed by atoms with Gasteiger partial charge in [0.05, 0.1) is 12.4 Å². The Morgan fingerprint density at radius 1 is 1.11 bits per heavy atom. The van der Waals surface area contributed by atoms with Gasteiger partial charge in [-0.1, -0.05) is 6.07 Å². The maximum absolute atomic E-state index is 13.5. The van der Waals surface area contributed by atoms with Crippen LogP contribution in [0.1, 0.15) is 13.8 Å². The Bertz CT molecular complexity index is 779. The summed E-state index contributed by atoms with van der Waals surface area (Å²) in [6, 6.07) is 10.4. The molecule has 1 amide bonds. The molecule has 2 rings (SSSR count). The lowest BCUT2D eigenvalue weighted by Crippen LogP contribution is -2.31. The number of carbonyl (C=O) groups is 2. The second-order valence-electron chi connectivity index (χ2n) is 5.41. The van der Waals surface area contributed by atoms with Crippen LogP contribution < -0.4 is 10.1 Å². The number of thioether (sulfide) groups is 1. The molecule has 0 fully saturated rings. The third kappa shape index (κ3) is 6.25. The number of halogens is 2. The molecule has 2 aromatic rings. The fourth-order valence-corrected chi connectivity index (χ4v) is 2.75. The molecule has 0 bridgehead atoms. The molecule has 0 aliphatic heterocycles. The van der Waals surface area contributed by atoms with Crippen LogP contribution in [0.25, 0.3) is 0 Å². The highest BCUT2D eigenvalue weighted by atomic mass is 32.2. The van der Waals surface area contributed by atoms with E-state index >= 15 is 0 Å². The lowest BCUT2D eigenvalue weighted by molar-refractivity contribution is -0.150. The first kappa shape index (κ1) is 20.7. The van der Waals surface area contributed by atoms with Gasteiger partial charge in [0.2, 0.25) is 0 Å². The second-order valence-corrected chi connectivity index (χ2v) is 6.46. The van der Waals surface area contributed by atoms with Crippen LogP contribution in [0.3, 0.4) is 0 Å². The molecule has 8 heteroatoms. The van der Waals surface area contributed by atoms with Crippen molar-refractivity contribution >= 4 is 29.3 Å². The average molecular weight is 395 g/mol. The van der Waals surface area contributed by atoms with Gasteiger partial charge in [-0.2, -0.15) is 0 Å². The van der Waals surface area contributed by atoms with Crippen molar-refractivity contribution in [2.45, 2.75) is 24.8 Å². The molecule has 5 nitrogen and oxygen atoms in total. The predicted molar refractivity (Wildman–Crippen MR) is 98.9 cm³/mol. The number of esters is 1. The maximum Gasteiger partial charge on any atom is 0.317 e. The number of ether oxygens (including phenoxy) is 2. The molecule has 0 spiro atoms. The molecule has 0 unspecified atom stereocenters. The van der Waals surface area contributed by atoms with Crippen LogP contribution in [0.5, 0.6) is 5.75 Å². The van der Waals surface area contributed by atoms with Crippen LogP contribution in [0, 0.1) is 11.6 Å². The molecule has 1 atom stereocenters. The average Bonchev–Trinajstić information content (AvgIpc) is 2.64. The first-order valence-corrected chi connectivity index (χ1v) is 9.19. The smallest absolute Gasteiger partial charge is 0.317 e. The molecule has 2 aromatic carbocycles. The van der Waals surface area contributed by atoms with E-state index < -0.39 is 35.3 Å². The van der Waals surface area contributed by atoms with Crippen molar-refractivity contribution in [1.29, 1.82) is 0 Å². The predicted octanol–water partition coefficient (Wildman–Crippen LogP) is 4.03. The Labute approximate surface area is 160 Å². The zero-order valence-electron chi connectivity index (χ0n) is 14.8. The van der Waals surface area contributed by atoms with E-state index in [4.69, 9.17) is 9.47 Å². The Morgan fingerprint density at radius 3 is 2.33 bits per heavy atom. The van der Waals surface area contributed by atoms with Gasteiger partial charge in [-0.3, -0.25) is 9.59 Å². The Balaban J connectivity index is 1.83. The third-order valence-electron chi connectivity index (χ3n) is 3.38. The molecule has 144 valence electrons. The summed E-state index contributed by atoms with van der Waals surface area (Å²) in [5.41, 5.74) is -0.575. The second kappa shape index (κ2) is 9.91. The fraction of sp³-hybridized carbons (Fsp3) is 0.263. The van der Waals surface area contributed by atoms with E-state index in [0.29, 0.717) is 6.61 Å². The van der Waals surface area contributed by atoms with Crippen LogP contribution in [0.15, 0.2) is 47.4 Å². The first-order chi connectivity index (χ1) is 12.9. The lowest BCUT2D eigenvalue weighted by atomic mass is 10.2. The summed E-state index contributed by atoms with van der Waals surface area (Å²) in [5, 5.41) is 2.09. The van der Waals surface area contributed by atoms with Crippen LogP contribution in [0.2, 0.25) is 0 Å². The third-order valence-corrected chi connectivity index (χ3v) is 4.37. The van der Waals surface area contributed by atoms with Crippen molar-refractivity contribution in [3.63, 3.8) is 0 Å². The molecule has 1 N–H and O–H groups in total. The van der Waals surface area contributed by atoms with E-state index in [9.17, 15) is 18.4 Å². The minimum atomic E-state index is -1.20. The lowest BCUT2D eigenvalue weighted by Gasteiger charge is -2.14. The first-order valence-electron chi connectivity index (χ1n) is 8.20. The number of hydrogen-bond acceptors (Lipinski definition) is 5. The molecule has 27 heavy (non-hydrogen) atoms. The Hall–Kier alpha value is -2.61. The maximum atomic E-state index is 13.5. The summed E-state index contributed by atoms with van der Waals surface area (Å²) in [7, 11) is 0. The molecule has 0 saturated carbocycles. The summed E-state index contributed by atoms with van der Waals surface area (Å²) < 4.78 is 37.4. The number of rotatable bonds is 8. The Kier molecular flexibility index (Phi) is 7.60. The van der Waals surface area contributed by atoms with E-state index in [2.05, 4.69) is 5.32 Å². The van der Waals surface area contributed by atoms with E-state index in [0.717, 1.165) is 22.8 Å². The molecular formula is C19H19F2NO4S. The van der Waals surface area contributed by atoms with Gasteiger partial charge in [0, 0.05) is 4.90 Å². The monoisotopic (exact) mass is 395 g/mol. The van der Waals surface area contributed by atoms with Crippen molar-refractivity contribution in [1.82, 2.24) is 0 Å². The molecule has 0 aliphatic carbocycles. The Morgan fingerprint density at radius 2 is 1.74 bits per heavy atom. The normalized spacial score (nSPS) is 11.6. The van der Waals surface area contributed by atoms with Gasteiger partial charge in [0.25, 0.3) is 5.91 Å². The SMILES string of the molecule is CCOc1ccc(SCC(=O)O[C@@H](C)C(=O)Nc2c(F)cccc2F)cc1. The summed E-state index contributed by atoms with van der Waals surface area (Å²) in [4.78, 5) is 24.7. The molecule has 0 radical (unpaired) electrons. The summed E-state index contributed by atoms with van der Waals surface area (Å²) in [6.07, 6.45) is -1.20. The number of anilines is 1. The van der Waals surface area contributed by atoms with E-state index in [1.165, 1.54) is 24.8 Å². The standard InChI is InChI=1S/C19H19F2NO4S/c1-3-25-13-7-9-14(10-8-13)27-11-17(23)26-12(2)19(24)22-18-15(20)5-4-6-16(18)21/h4-10,12H,3,11H2,1-2H3,(H,22,24)/t12-/m0/s1. The van der Waals surface area contributed by atoms with Gasteiger partial charge in [0.1, 0.15) is 23.1 Å². The van der Waals surface area contributed by atoms with E-state index in [-0.39, 0.29) is 5.75 Å². The largest absolute Gasteiger partial charge is 0.494 e. The van der Waals surface area contributed by atoms with Crippen molar-refractivity contribution < 1.29 is 27.8 Å². The van der Waals surface area contributed by atoms with Crippen molar-refractivity contribution in [2.75, 3.05) is 17.7 Å². The van der Waals surface area contributed by atoms with Gasteiger partial charge in [-0.05, 0) is 50.2 Å². The fourth-order valence-electron chi connectivity index (χ4n) is 2.07. The highest BCUT2D eigenvalue weighted by Crippen LogP contribution is 2.22. The van der Waals surface area contributed by atoms with Crippen LogP contribution in [-0.4, -0.2) is 30.3 Å². The minimum Gasteiger partial charge on any atom is -0.494 e. The number of amides is 1. The van der Waals surface area contributed by atoms with Gasteiger partial charge in [-0.15, -0.1) is 11.8 Å². The summed E-state index contributed by atoms with van der Waals surface area (Å²) in [5.74, 6) is -2.54. The van der Waals surface area contributed by atoms with E-state index in [1.807, 2.05) is 6.92 Å². The van der Waals surface area contributed by atoms with Gasteiger partial charge >= 0.3 is 5.97 Å². The molecule has 0 saturated heterocycles. The quantitative estimate of drug-likeness (QED) is 0.540. The molecule has 0 aliphatic rings. The van der Waals surface area contributed by atoms with Gasteiger partial charge in [0.15, 0.2) is 6.10 Å².